The maximum absolute atomic E-state index is 13.5. The van der Waals surface area contributed by atoms with Crippen molar-refractivity contribution in [2.24, 2.45) is 0 Å². The van der Waals surface area contributed by atoms with Crippen molar-refractivity contribution in [3.05, 3.63) is 92.0 Å². The van der Waals surface area contributed by atoms with Crippen LogP contribution in [0.15, 0.2) is 71.5 Å². The van der Waals surface area contributed by atoms with E-state index in [1.54, 1.807) is 20.8 Å². The van der Waals surface area contributed by atoms with Gasteiger partial charge in [0.15, 0.2) is 5.65 Å². The minimum atomic E-state index is -0.136. The number of benzene rings is 2. The fourth-order valence-corrected chi connectivity index (χ4v) is 8.16. The summed E-state index contributed by atoms with van der Waals surface area (Å²) in [6.45, 7) is 4.79. The highest BCUT2D eigenvalue weighted by Gasteiger charge is 2.32. The number of amides is 1. The van der Waals surface area contributed by atoms with E-state index in [-0.39, 0.29) is 11.5 Å². The zero-order valence-electron chi connectivity index (χ0n) is 20.6. The third-order valence-corrected chi connectivity index (χ3v) is 10.0. The molecule has 5 aromatic rings. The zero-order valence-corrected chi connectivity index (χ0v) is 23.8. The molecule has 10 heteroatoms. The third kappa shape index (κ3) is 4.17. The van der Waals surface area contributed by atoms with Gasteiger partial charge in [0, 0.05) is 24.3 Å². The first kappa shape index (κ1) is 25.0. The standard InChI is InChI=1S/C28H22N4O2S4/c1-3-30-25(33)21(37-27(30)22-26(34)31(4-2)28(35)38-22)16-19-15-20-23(32(19)18-13-9-6-10-14-18)29-24(36-20)17-11-7-5-8-12-17/h5-16H,3-4H2,1-2H3/b21-16+,27-22+. The average molecular weight is 575 g/mol. The number of aromatic nitrogens is 3. The summed E-state index contributed by atoms with van der Waals surface area (Å²) in [5.41, 5.74) is 3.63. The smallest absolute Gasteiger partial charge is 0.269 e. The Kier molecular flexibility index (Phi) is 6.65. The third-order valence-electron chi connectivity index (χ3n) is 6.28. The SMILES string of the molecule is CCN1C(=O)/C(=c2\s/c(=C/c3cc4sc(-c5ccccc5)nc4n3-c3ccccc3)c(=O)n2CC)SC1=S. The molecule has 1 aliphatic heterocycles. The van der Waals surface area contributed by atoms with Crippen LogP contribution in [0.4, 0.5) is 0 Å². The van der Waals surface area contributed by atoms with Crippen molar-refractivity contribution in [1.82, 2.24) is 19.0 Å². The lowest BCUT2D eigenvalue weighted by atomic mass is 10.2. The topological polar surface area (TPSA) is 60.1 Å². The van der Waals surface area contributed by atoms with Gasteiger partial charge < -0.3 is 0 Å². The highest BCUT2D eigenvalue weighted by Crippen LogP contribution is 2.34. The molecule has 190 valence electrons. The number of thiocarbonyl (C=S) groups is 1. The molecule has 6 nitrogen and oxygen atoms in total. The van der Waals surface area contributed by atoms with Crippen molar-refractivity contribution in [3.8, 4) is 16.3 Å². The van der Waals surface area contributed by atoms with Crippen LogP contribution in [0.25, 0.3) is 37.6 Å². The number of hydrogen-bond acceptors (Lipinski definition) is 7. The Hall–Kier alpha value is -3.31. The summed E-state index contributed by atoms with van der Waals surface area (Å²) in [6.07, 6.45) is 1.91. The van der Waals surface area contributed by atoms with Crippen LogP contribution in [0.5, 0.6) is 0 Å². The monoisotopic (exact) mass is 574 g/mol. The molecular formula is C28H22N4O2S4. The fraction of sp³-hybridized carbons (Fsp3) is 0.143. The van der Waals surface area contributed by atoms with E-state index < -0.39 is 0 Å². The van der Waals surface area contributed by atoms with Crippen LogP contribution in [0, 0.1) is 0 Å². The first-order chi connectivity index (χ1) is 18.5. The molecule has 2 aromatic carbocycles. The first-order valence-corrected chi connectivity index (χ1v) is 15.0. The lowest BCUT2D eigenvalue weighted by Crippen LogP contribution is -2.33. The Morgan fingerprint density at radius 2 is 1.66 bits per heavy atom. The summed E-state index contributed by atoms with van der Waals surface area (Å²) in [4.78, 5) is 33.6. The number of carbonyl (C=O) groups is 1. The summed E-state index contributed by atoms with van der Waals surface area (Å²) in [7, 11) is 0. The lowest BCUT2D eigenvalue weighted by molar-refractivity contribution is -0.120. The van der Waals surface area contributed by atoms with Crippen LogP contribution in [-0.4, -0.2) is 35.8 Å². The van der Waals surface area contributed by atoms with Gasteiger partial charge in [0.05, 0.1) is 14.9 Å². The van der Waals surface area contributed by atoms with Gasteiger partial charge in [0.25, 0.3) is 11.5 Å². The number of hydrogen-bond donors (Lipinski definition) is 0. The highest BCUT2D eigenvalue weighted by molar-refractivity contribution is 8.30. The predicted octanol–water partition coefficient (Wildman–Crippen LogP) is 4.81. The van der Waals surface area contributed by atoms with Gasteiger partial charge in [-0.2, -0.15) is 0 Å². The van der Waals surface area contributed by atoms with Gasteiger partial charge in [0.1, 0.15) is 18.9 Å². The van der Waals surface area contributed by atoms with E-state index in [1.807, 2.05) is 68.5 Å². The molecule has 0 radical (unpaired) electrons. The van der Waals surface area contributed by atoms with Crippen molar-refractivity contribution >= 4 is 78.2 Å². The molecule has 1 saturated heterocycles. The average Bonchev–Trinajstić information content (AvgIpc) is 3.65. The van der Waals surface area contributed by atoms with E-state index in [0.29, 0.717) is 31.5 Å². The largest absolute Gasteiger partial charge is 0.298 e. The number of fused-ring (bicyclic) bond motifs is 1. The van der Waals surface area contributed by atoms with Gasteiger partial charge in [-0.15, -0.1) is 22.7 Å². The minimum absolute atomic E-state index is 0.114. The predicted molar refractivity (Wildman–Crippen MR) is 162 cm³/mol. The summed E-state index contributed by atoms with van der Waals surface area (Å²) in [5.74, 6) is -0.136. The van der Waals surface area contributed by atoms with E-state index in [1.165, 1.54) is 23.1 Å². The summed E-state index contributed by atoms with van der Waals surface area (Å²) in [5, 5.41) is 0.947. The van der Waals surface area contributed by atoms with E-state index in [9.17, 15) is 9.59 Å². The van der Waals surface area contributed by atoms with Crippen LogP contribution in [-0.2, 0) is 11.3 Å². The first-order valence-electron chi connectivity index (χ1n) is 12.1. The van der Waals surface area contributed by atoms with Crippen LogP contribution in [0.2, 0.25) is 0 Å². The van der Waals surface area contributed by atoms with Gasteiger partial charge in [-0.25, -0.2) is 4.98 Å². The molecule has 1 aliphatic rings. The van der Waals surface area contributed by atoms with Crippen LogP contribution in [0.1, 0.15) is 19.5 Å². The normalized spacial score (nSPS) is 15.8. The zero-order chi connectivity index (χ0) is 26.4. The summed E-state index contributed by atoms with van der Waals surface area (Å²) >= 11 is 9.64. The molecule has 38 heavy (non-hydrogen) atoms. The molecular weight excluding hydrogens is 553 g/mol. The van der Waals surface area contributed by atoms with E-state index >= 15 is 0 Å². The van der Waals surface area contributed by atoms with E-state index in [0.717, 1.165) is 32.3 Å². The molecule has 0 aliphatic carbocycles. The second kappa shape index (κ2) is 10.1. The number of rotatable bonds is 5. The Bertz CT molecular complexity index is 1880. The molecule has 0 unspecified atom stereocenters. The maximum atomic E-state index is 13.5. The summed E-state index contributed by atoms with van der Waals surface area (Å²) < 4.78 is 6.54. The van der Waals surface area contributed by atoms with Crippen LogP contribution < -0.4 is 14.8 Å². The van der Waals surface area contributed by atoms with E-state index in [4.69, 9.17) is 17.2 Å². The lowest BCUT2D eigenvalue weighted by Gasteiger charge is -2.09. The van der Waals surface area contributed by atoms with E-state index in [2.05, 4.69) is 22.8 Å². The van der Waals surface area contributed by atoms with Gasteiger partial charge in [0.2, 0.25) is 0 Å². The van der Waals surface area contributed by atoms with Crippen molar-refractivity contribution in [3.63, 3.8) is 0 Å². The fourth-order valence-electron chi connectivity index (χ4n) is 4.47. The molecule has 4 heterocycles. The highest BCUT2D eigenvalue weighted by atomic mass is 32.2. The van der Waals surface area contributed by atoms with Gasteiger partial charge in [-0.1, -0.05) is 72.5 Å². The maximum Gasteiger partial charge on any atom is 0.269 e. The molecule has 1 amide bonds. The molecule has 0 atom stereocenters. The number of carbonyl (C=O) groups excluding carboxylic acids is 1. The molecule has 0 spiro atoms. The minimum Gasteiger partial charge on any atom is -0.298 e. The summed E-state index contributed by atoms with van der Waals surface area (Å²) in [6, 6.07) is 22.2. The van der Waals surface area contributed by atoms with Gasteiger partial charge in [-0.3, -0.25) is 23.6 Å². The number of para-hydroxylation sites is 1. The Balaban J connectivity index is 1.58. The second-order valence-electron chi connectivity index (χ2n) is 8.52. The Morgan fingerprint density at radius 3 is 2.32 bits per heavy atom. The Morgan fingerprint density at radius 1 is 0.947 bits per heavy atom. The van der Waals surface area contributed by atoms with Crippen molar-refractivity contribution in [2.75, 3.05) is 6.54 Å². The van der Waals surface area contributed by atoms with Gasteiger partial charge in [-0.05, 0) is 38.1 Å². The molecule has 6 rings (SSSR count). The second-order valence-corrected chi connectivity index (χ2v) is 12.2. The number of thiazole rings is 2. The molecule has 0 N–H and O–H groups in total. The van der Waals surface area contributed by atoms with Crippen molar-refractivity contribution in [1.29, 1.82) is 0 Å². The van der Waals surface area contributed by atoms with Crippen LogP contribution in [0.3, 0.4) is 0 Å². The molecule has 1 fully saturated rings. The Labute approximate surface area is 236 Å². The number of nitrogens with zero attached hydrogens (tertiary/aromatic N) is 4. The van der Waals surface area contributed by atoms with Crippen LogP contribution >= 0.6 is 46.7 Å². The van der Waals surface area contributed by atoms with Crippen molar-refractivity contribution in [2.45, 2.75) is 20.4 Å². The number of thioether (sulfide) groups is 1. The molecule has 0 bridgehead atoms. The molecule has 3 aromatic heterocycles. The quantitative estimate of drug-likeness (QED) is 0.282. The van der Waals surface area contributed by atoms with Crippen molar-refractivity contribution < 1.29 is 4.79 Å². The van der Waals surface area contributed by atoms with Gasteiger partial charge >= 0.3 is 0 Å². The molecule has 0 saturated carbocycles.